The number of aryl methyl sites for hydroxylation is 2. The zero-order chi connectivity index (χ0) is 10.8. The Morgan fingerprint density at radius 3 is 2.93 bits per heavy atom. The van der Waals surface area contributed by atoms with Crippen LogP contribution in [0.1, 0.15) is 30.2 Å². The minimum atomic E-state index is -0.570. The van der Waals surface area contributed by atoms with Crippen LogP contribution in [0.4, 0.5) is 0 Å². The highest BCUT2D eigenvalue weighted by molar-refractivity contribution is 5.26. The minimum Gasteiger partial charge on any atom is -0.501 e. The molecule has 1 aliphatic rings. The van der Waals surface area contributed by atoms with Gasteiger partial charge < -0.3 is 9.84 Å². The summed E-state index contributed by atoms with van der Waals surface area (Å²) in [6.45, 7) is 2.66. The van der Waals surface area contributed by atoms with Gasteiger partial charge in [-0.1, -0.05) is 0 Å². The lowest BCUT2D eigenvalue weighted by Crippen LogP contribution is -2.08. The van der Waals surface area contributed by atoms with Crippen LogP contribution in [0.15, 0.2) is 18.0 Å². The van der Waals surface area contributed by atoms with Gasteiger partial charge in [0.15, 0.2) is 0 Å². The molecule has 4 heteroatoms. The third-order valence-corrected chi connectivity index (χ3v) is 2.66. The first kappa shape index (κ1) is 10.2. The van der Waals surface area contributed by atoms with Crippen LogP contribution in [0.25, 0.3) is 0 Å². The molecule has 0 aliphatic carbocycles. The maximum absolute atomic E-state index is 10.1. The number of nitrogens with zero attached hydrogens (tertiary/aromatic N) is 2. The molecule has 2 heterocycles. The first-order valence-electron chi connectivity index (χ1n) is 5.17. The summed E-state index contributed by atoms with van der Waals surface area (Å²) in [6, 6.07) is 0. The molecule has 0 fully saturated rings. The number of ether oxygens (including phenoxy) is 1. The third-order valence-electron chi connectivity index (χ3n) is 2.66. The molecule has 15 heavy (non-hydrogen) atoms. The second-order valence-corrected chi connectivity index (χ2v) is 3.91. The molecule has 0 saturated carbocycles. The van der Waals surface area contributed by atoms with Crippen LogP contribution in [0.2, 0.25) is 0 Å². The van der Waals surface area contributed by atoms with Crippen molar-refractivity contribution in [3.05, 3.63) is 29.3 Å². The van der Waals surface area contributed by atoms with Crippen LogP contribution in [0.3, 0.4) is 0 Å². The lowest BCUT2D eigenvalue weighted by molar-refractivity contribution is 0.170. The summed E-state index contributed by atoms with van der Waals surface area (Å²) in [5.74, 6) is 0. The largest absolute Gasteiger partial charge is 0.501 e. The summed E-state index contributed by atoms with van der Waals surface area (Å²) >= 11 is 0. The summed E-state index contributed by atoms with van der Waals surface area (Å²) in [5, 5.41) is 14.4. The van der Waals surface area contributed by atoms with Gasteiger partial charge in [0, 0.05) is 18.8 Å². The summed E-state index contributed by atoms with van der Waals surface area (Å²) < 4.78 is 6.94. The van der Waals surface area contributed by atoms with Gasteiger partial charge in [0.2, 0.25) is 0 Å². The Morgan fingerprint density at radius 1 is 1.60 bits per heavy atom. The van der Waals surface area contributed by atoms with E-state index in [0.717, 1.165) is 36.3 Å². The molecule has 1 aromatic heterocycles. The van der Waals surface area contributed by atoms with E-state index in [1.807, 2.05) is 20.2 Å². The average Bonchev–Trinajstić information content (AvgIpc) is 2.58. The molecule has 0 saturated heterocycles. The topological polar surface area (TPSA) is 47.3 Å². The molecule has 1 aliphatic heterocycles. The standard InChI is InChI=1S/C11H16N2O2/c1-8-10(6-13(2)12-8)11(14)9-4-3-5-15-7-9/h6-7,11,14H,3-5H2,1-2H3. The Labute approximate surface area is 89.2 Å². The van der Waals surface area contributed by atoms with E-state index in [4.69, 9.17) is 4.74 Å². The van der Waals surface area contributed by atoms with Crippen molar-refractivity contribution in [2.45, 2.75) is 25.9 Å². The summed E-state index contributed by atoms with van der Waals surface area (Å²) in [5.41, 5.74) is 2.68. The maximum atomic E-state index is 10.1. The van der Waals surface area contributed by atoms with Crippen LogP contribution in [-0.4, -0.2) is 21.5 Å². The van der Waals surface area contributed by atoms with Crippen LogP contribution < -0.4 is 0 Å². The lowest BCUT2D eigenvalue weighted by Gasteiger charge is -2.18. The van der Waals surface area contributed by atoms with Crippen molar-refractivity contribution in [1.82, 2.24) is 9.78 Å². The predicted molar refractivity (Wildman–Crippen MR) is 56.2 cm³/mol. The molecule has 4 nitrogen and oxygen atoms in total. The second-order valence-electron chi connectivity index (χ2n) is 3.91. The zero-order valence-corrected chi connectivity index (χ0v) is 9.10. The molecule has 2 rings (SSSR count). The van der Waals surface area contributed by atoms with Gasteiger partial charge in [-0.2, -0.15) is 5.10 Å². The first-order chi connectivity index (χ1) is 7.18. The van der Waals surface area contributed by atoms with E-state index in [1.54, 1.807) is 10.9 Å². The van der Waals surface area contributed by atoms with Crippen molar-refractivity contribution in [2.75, 3.05) is 6.61 Å². The number of hydrogen-bond donors (Lipinski definition) is 1. The van der Waals surface area contributed by atoms with E-state index in [0.29, 0.717) is 0 Å². The van der Waals surface area contributed by atoms with Crippen molar-refractivity contribution in [1.29, 1.82) is 0 Å². The summed E-state index contributed by atoms with van der Waals surface area (Å²) in [7, 11) is 1.86. The number of aliphatic hydroxyl groups is 1. The van der Waals surface area contributed by atoms with Crippen LogP contribution in [-0.2, 0) is 11.8 Å². The average molecular weight is 208 g/mol. The predicted octanol–water partition coefficient (Wildman–Crippen LogP) is 1.46. The highest BCUT2D eigenvalue weighted by Crippen LogP contribution is 2.28. The molecule has 1 unspecified atom stereocenters. The second kappa shape index (κ2) is 4.06. The number of hydrogen-bond acceptors (Lipinski definition) is 3. The van der Waals surface area contributed by atoms with E-state index in [-0.39, 0.29) is 0 Å². The Morgan fingerprint density at radius 2 is 2.40 bits per heavy atom. The van der Waals surface area contributed by atoms with Crippen molar-refractivity contribution in [3.8, 4) is 0 Å². The Bertz CT molecular complexity index is 382. The molecule has 0 radical (unpaired) electrons. The fourth-order valence-electron chi connectivity index (χ4n) is 1.87. The van der Waals surface area contributed by atoms with Crippen LogP contribution in [0, 0.1) is 6.92 Å². The molecule has 0 amide bonds. The van der Waals surface area contributed by atoms with E-state index in [1.165, 1.54) is 0 Å². The van der Waals surface area contributed by atoms with Gasteiger partial charge >= 0.3 is 0 Å². The number of aromatic nitrogens is 2. The van der Waals surface area contributed by atoms with Crippen molar-refractivity contribution < 1.29 is 9.84 Å². The lowest BCUT2D eigenvalue weighted by atomic mass is 9.99. The molecule has 1 N–H and O–H groups in total. The smallest absolute Gasteiger partial charge is 0.107 e. The van der Waals surface area contributed by atoms with Gasteiger partial charge in [-0.25, -0.2) is 0 Å². The Hall–Kier alpha value is -1.29. The fraction of sp³-hybridized carbons (Fsp3) is 0.545. The molecule has 1 atom stereocenters. The van der Waals surface area contributed by atoms with Gasteiger partial charge in [-0.15, -0.1) is 0 Å². The normalized spacial score (nSPS) is 18.2. The molecular weight excluding hydrogens is 192 g/mol. The van der Waals surface area contributed by atoms with E-state index in [2.05, 4.69) is 5.10 Å². The minimum absolute atomic E-state index is 0.570. The number of rotatable bonds is 2. The summed E-state index contributed by atoms with van der Waals surface area (Å²) in [4.78, 5) is 0. The Kier molecular flexibility index (Phi) is 2.77. The van der Waals surface area contributed by atoms with E-state index in [9.17, 15) is 5.11 Å². The fourth-order valence-corrected chi connectivity index (χ4v) is 1.87. The molecule has 0 bridgehead atoms. The highest BCUT2D eigenvalue weighted by atomic mass is 16.5. The molecule has 0 spiro atoms. The van der Waals surface area contributed by atoms with Gasteiger partial charge in [-0.05, 0) is 25.3 Å². The monoisotopic (exact) mass is 208 g/mol. The van der Waals surface area contributed by atoms with Crippen molar-refractivity contribution in [2.24, 2.45) is 7.05 Å². The Balaban J connectivity index is 2.23. The van der Waals surface area contributed by atoms with Gasteiger partial charge in [0.25, 0.3) is 0 Å². The molecule has 0 aromatic carbocycles. The quantitative estimate of drug-likeness (QED) is 0.800. The van der Waals surface area contributed by atoms with Crippen LogP contribution in [0.5, 0.6) is 0 Å². The van der Waals surface area contributed by atoms with Crippen molar-refractivity contribution in [3.63, 3.8) is 0 Å². The SMILES string of the molecule is Cc1nn(C)cc1C(O)C1=COCCC1. The molecular formula is C11H16N2O2. The highest BCUT2D eigenvalue weighted by Gasteiger charge is 2.19. The van der Waals surface area contributed by atoms with Gasteiger partial charge in [0.05, 0.1) is 18.6 Å². The van der Waals surface area contributed by atoms with E-state index >= 15 is 0 Å². The van der Waals surface area contributed by atoms with Gasteiger partial charge in [0.1, 0.15) is 6.10 Å². The first-order valence-corrected chi connectivity index (χ1v) is 5.17. The third kappa shape index (κ3) is 2.04. The van der Waals surface area contributed by atoms with Crippen molar-refractivity contribution >= 4 is 0 Å². The van der Waals surface area contributed by atoms with E-state index < -0.39 is 6.10 Å². The summed E-state index contributed by atoms with van der Waals surface area (Å²) in [6.07, 6.45) is 4.84. The van der Waals surface area contributed by atoms with Crippen LogP contribution >= 0.6 is 0 Å². The zero-order valence-electron chi connectivity index (χ0n) is 9.10. The molecule has 82 valence electrons. The molecule has 1 aromatic rings. The number of aliphatic hydroxyl groups excluding tert-OH is 1. The van der Waals surface area contributed by atoms with Gasteiger partial charge in [-0.3, -0.25) is 4.68 Å². The maximum Gasteiger partial charge on any atom is 0.107 e.